The molecule has 1 saturated heterocycles. The number of amides is 1. The van der Waals surface area contributed by atoms with Crippen molar-refractivity contribution in [1.82, 2.24) is 5.32 Å². The molecule has 1 amide bonds. The molecular weight excluding hydrogens is 290 g/mol. The molecule has 1 aromatic carbocycles. The average Bonchev–Trinajstić information content (AvgIpc) is 2.61. The maximum atomic E-state index is 11.9. The van der Waals surface area contributed by atoms with Crippen LogP contribution in [0, 0.1) is 0 Å². The van der Waals surface area contributed by atoms with E-state index in [1.54, 1.807) is 0 Å². The van der Waals surface area contributed by atoms with Crippen molar-refractivity contribution in [2.75, 3.05) is 19.8 Å². The van der Waals surface area contributed by atoms with Crippen molar-refractivity contribution in [3.63, 3.8) is 0 Å². The molecule has 0 radical (unpaired) electrons. The summed E-state index contributed by atoms with van der Waals surface area (Å²) >= 11 is 0. The van der Waals surface area contributed by atoms with Crippen LogP contribution in [0.2, 0.25) is 0 Å². The lowest BCUT2D eigenvalue weighted by atomic mass is 9.90. The summed E-state index contributed by atoms with van der Waals surface area (Å²) in [7, 11) is 0. The molecule has 1 aromatic rings. The molecule has 1 heterocycles. The third-order valence-electron chi connectivity index (χ3n) is 4.71. The van der Waals surface area contributed by atoms with Gasteiger partial charge in [-0.1, -0.05) is 18.2 Å². The van der Waals surface area contributed by atoms with Gasteiger partial charge in [-0.25, -0.2) is 0 Å². The Balaban J connectivity index is 1.37. The van der Waals surface area contributed by atoms with Gasteiger partial charge in [0.1, 0.15) is 6.61 Å². The topological polar surface area (TPSA) is 47.6 Å². The Hall–Kier alpha value is -1.39. The number of hydrogen-bond acceptors (Lipinski definition) is 3. The molecule has 23 heavy (non-hydrogen) atoms. The van der Waals surface area contributed by atoms with Gasteiger partial charge in [0, 0.05) is 13.2 Å². The maximum Gasteiger partial charge on any atom is 0.246 e. The van der Waals surface area contributed by atoms with Crippen molar-refractivity contribution in [1.29, 1.82) is 0 Å². The average molecular weight is 317 g/mol. The molecule has 1 fully saturated rings. The molecule has 0 unspecified atom stereocenters. The van der Waals surface area contributed by atoms with Crippen LogP contribution in [0.5, 0.6) is 0 Å². The van der Waals surface area contributed by atoms with Gasteiger partial charge < -0.3 is 14.8 Å². The van der Waals surface area contributed by atoms with Gasteiger partial charge in [0.25, 0.3) is 0 Å². The molecule has 4 nitrogen and oxygen atoms in total. The largest absolute Gasteiger partial charge is 0.376 e. The van der Waals surface area contributed by atoms with Crippen LogP contribution in [0.25, 0.3) is 0 Å². The number of nitrogens with one attached hydrogen (secondary N) is 1. The number of fused-ring (bicyclic) bond motifs is 1. The van der Waals surface area contributed by atoms with Crippen molar-refractivity contribution in [3.8, 4) is 0 Å². The fourth-order valence-electron chi connectivity index (χ4n) is 3.37. The Kier molecular flexibility index (Phi) is 6.06. The Morgan fingerprint density at radius 2 is 2.04 bits per heavy atom. The lowest BCUT2D eigenvalue weighted by Crippen LogP contribution is -2.30. The fraction of sp³-hybridized carbons (Fsp3) is 0.632. The lowest BCUT2D eigenvalue weighted by Gasteiger charge is -2.22. The Morgan fingerprint density at radius 3 is 2.87 bits per heavy atom. The molecule has 126 valence electrons. The minimum atomic E-state index is -0.0569. The highest BCUT2D eigenvalue weighted by Gasteiger charge is 2.14. The first-order valence-electron chi connectivity index (χ1n) is 8.88. The summed E-state index contributed by atoms with van der Waals surface area (Å²) in [4.78, 5) is 11.9. The van der Waals surface area contributed by atoms with Crippen molar-refractivity contribution in [3.05, 3.63) is 34.9 Å². The summed E-state index contributed by atoms with van der Waals surface area (Å²) in [5.41, 5.74) is 4.10. The zero-order valence-corrected chi connectivity index (χ0v) is 13.8. The third kappa shape index (κ3) is 5.05. The highest BCUT2D eigenvalue weighted by molar-refractivity contribution is 5.77. The molecule has 1 aliphatic carbocycles. The van der Waals surface area contributed by atoms with Gasteiger partial charge >= 0.3 is 0 Å². The Morgan fingerprint density at radius 1 is 1.17 bits per heavy atom. The molecule has 0 saturated carbocycles. The zero-order valence-electron chi connectivity index (χ0n) is 13.8. The summed E-state index contributed by atoms with van der Waals surface area (Å²) in [5, 5.41) is 2.94. The Bertz CT molecular complexity index is 523. The van der Waals surface area contributed by atoms with Crippen molar-refractivity contribution >= 4 is 5.91 Å². The number of carbonyl (C=O) groups excluding carboxylic acids is 1. The van der Waals surface area contributed by atoms with Gasteiger partial charge in [-0.3, -0.25) is 4.79 Å². The van der Waals surface area contributed by atoms with Gasteiger partial charge in [-0.2, -0.15) is 0 Å². The van der Waals surface area contributed by atoms with E-state index in [-0.39, 0.29) is 18.6 Å². The highest BCUT2D eigenvalue weighted by Crippen LogP contribution is 2.22. The minimum Gasteiger partial charge on any atom is -0.376 e. The molecular formula is C19H27NO3. The minimum absolute atomic E-state index is 0.0569. The van der Waals surface area contributed by atoms with E-state index < -0.39 is 0 Å². The second-order valence-corrected chi connectivity index (χ2v) is 6.59. The van der Waals surface area contributed by atoms with E-state index in [9.17, 15) is 4.79 Å². The standard InChI is InChI=1S/C19H27NO3/c21-19(14-22-13-18-7-3-4-10-23-18)20-12-15-8-9-16-5-1-2-6-17(16)11-15/h8-9,11,18H,1-7,10,12-14H2,(H,20,21)/t18-/m0/s1. The predicted molar refractivity (Wildman–Crippen MR) is 89.3 cm³/mol. The Labute approximate surface area is 138 Å². The molecule has 1 atom stereocenters. The first kappa shape index (κ1) is 16.5. The van der Waals surface area contributed by atoms with E-state index >= 15 is 0 Å². The van der Waals surface area contributed by atoms with Crippen molar-refractivity contribution in [2.45, 2.75) is 57.6 Å². The van der Waals surface area contributed by atoms with Crippen LogP contribution < -0.4 is 5.32 Å². The molecule has 1 N–H and O–H groups in total. The summed E-state index contributed by atoms with van der Waals surface area (Å²) < 4.78 is 11.1. The van der Waals surface area contributed by atoms with Crippen LogP contribution in [0.4, 0.5) is 0 Å². The van der Waals surface area contributed by atoms with Gasteiger partial charge in [-0.05, 0) is 61.6 Å². The van der Waals surface area contributed by atoms with E-state index in [1.807, 2.05) is 0 Å². The monoisotopic (exact) mass is 317 g/mol. The second kappa shape index (κ2) is 8.46. The highest BCUT2D eigenvalue weighted by atomic mass is 16.5. The van der Waals surface area contributed by atoms with Gasteiger partial charge in [0.15, 0.2) is 0 Å². The van der Waals surface area contributed by atoms with Gasteiger partial charge in [0.05, 0.1) is 12.7 Å². The zero-order chi connectivity index (χ0) is 15.9. The summed E-state index contributed by atoms with van der Waals surface area (Å²) in [6.07, 6.45) is 8.47. The molecule has 0 bridgehead atoms. The number of aryl methyl sites for hydroxylation is 2. The quantitative estimate of drug-likeness (QED) is 0.877. The molecule has 3 rings (SSSR count). The number of benzene rings is 1. The molecule has 0 aromatic heterocycles. The summed E-state index contributed by atoms with van der Waals surface area (Å²) in [6.45, 7) is 2.03. The van der Waals surface area contributed by atoms with Crippen molar-refractivity contribution < 1.29 is 14.3 Å². The molecule has 2 aliphatic rings. The maximum absolute atomic E-state index is 11.9. The van der Waals surface area contributed by atoms with E-state index in [0.717, 1.165) is 19.4 Å². The van der Waals surface area contributed by atoms with Crippen LogP contribution >= 0.6 is 0 Å². The first-order valence-corrected chi connectivity index (χ1v) is 8.88. The molecule has 4 heteroatoms. The van der Waals surface area contributed by atoms with Crippen LogP contribution in [-0.2, 0) is 33.7 Å². The predicted octanol–water partition coefficient (Wildman–Crippen LogP) is 2.77. The number of carbonyl (C=O) groups is 1. The van der Waals surface area contributed by atoms with Crippen molar-refractivity contribution in [2.24, 2.45) is 0 Å². The van der Waals surface area contributed by atoms with E-state index in [4.69, 9.17) is 9.47 Å². The molecule has 0 spiro atoms. The van der Waals surface area contributed by atoms with Gasteiger partial charge in [0.2, 0.25) is 5.91 Å². The van der Waals surface area contributed by atoms with E-state index in [1.165, 1.54) is 48.8 Å². The van der Waals surface area contributed by atoms with Crippen LogP contribution in [-0.4, -0.2) is 31.8 Å². The number of ether oxygens (including phenoxy) is 2. The van der Waals surface area contributed by atoms with Crippen LogP contribution in [0.15, 0.2) is 18.2 Å². The third-order valence-corrected chi connectivity index (χ3v) is 4.71. The first-order chi connectivity index (χ1) is 11.3. The normalized spacial score (nSPS) is 20.8. The van der Waals surface area contributed by atoms with Crippen LogP contribution in [0.3, 0.4) is 0 Å². The summed E-state index contributed by atoms with van der Waals surface area (Å²) in [5.74, 6) is -0.0569. The molecule has 1 aliphatic heterocycles. The smallest absolute Gasteiger partial charge is 0.246 e. The van der Waals surface area contributed by atoms with E-state index in [0.29, 0.717) is 13.2 Å². The fourth-order valence-corrected chi connectivity index (χ4v) is 3.37. The summed E-state index contributed by atoms with van der Waals surface area (Å²) in [6, 6.07) is 6.58. The second-order valence-electron chi connectivity index (χ2n) is 6.59. The lowest BCUT2D eigenvalue weighted by molar-refractivity contribution is -0.128. The SMILES string of the molecule is O=C(COC[C@@H]1CCCCO1)NCc1ccc2c(c1)CCCC2. The number of hydrogen-bond donors (Lipinski definition) is 1. The van der Waals surface area contributed by atoms with Gasteiger partial charge in [-0.15, -0.1) is 0 Å². The van der Waals surface area contributed by atoms with E-state index in [2.05, 4.69) is 23.5 Å². The number of rotatable bonds is 6. The van der Waals surface area contributed by atoms with Crippen LogP contribution in [0.1, 0.15) is 48.8 Å².